The molecule has 0 aromatic rings. The molecule has 0 rings (SSSR count). The van der Waals surface area contributed by atoms with Crippen molar-refractivity contribution in [2.75, 3.05) is 26.1 Å². The predicted molar refractivity (Wildman–Crippen MR) is 58.0 cm³/mol. The second-order valence-corrected chi connectivity index (χ2v) is 4.75. The first-order valence-electron chi connectivity index (χ1n) is 4.60. The average Bonchev–Trinajstić information content (AvgIpc) is 2.11. The lowest BCUT2D eigenvalue weighted by atomic mass is 10.0. The molecule has 0 spiro atoms. The zero-order chi connectivity index (χ0) is 10.3. The Labute approximate surface area is 85.0 Å². The molecule has 0 heterocycles. The monoisotopic (exact) mass is 207 g/mol. The van der Waals surface area contributed by atoms with Crippen molar-refractivity contribution in [3.8, 4) is 0 Å². The van der Waals surface area contributed by atoms with E-state index in [4.69, 9.17) is 15.6 Å². The summed E-state index contributed by atoms with van der Waals surface area (Å²) in [6, 6.07) is 0.0619. The van der Waals surface area contributed by atoms with E-state index in [1.165, 1.54) is 0 Å². The Morgan fingerprint density at radius 1 is 1.46 bits per heavy atom. The van der Waals surface area contributed by atoms with Gasteiger partial charge >= 0.3 is 0 Å². The fraction of sp³-hybridized carbons (Fsp3) is 1.00. The number of hydrogen-bond acceptors (Lipinski definition) is 4. The summed E-state index contributed by atoms with van der Waals surface area (Å²) in [5.74, 6) is 1.30. The third kappa shape index (κ3) is 5.52. The molecule has 2 atom stereocenters. The molecule has 3 N–H and O–H groups in total. The van der Waals surface area contributed by atoms with E-state index in [9.17, 15) is 0 Å². The van der Waals surface area contributed by atoms with Gasteiger partial charge in [0.2, 0.25) is 0 Å². The quantitative estimate of drug-likeness (QED) is 0.604. The molecule has 0 amide bonds. The Bertz CT molecular complexity index is 122. The molecule has 0 aliphatic carbocycles. The summed E-state index contributed by atoms with van der Waals surface area (Å²) in [6.45, 7) is 5.01. The van der Waals surface area contributed by atoms with Gasteiger partial charge in [0.05, 0.1) is 13.2 Å². The molecular weight excluding hydrogens is 186 g/mol. The minimum atomic E-state index is 0.0619. The third-order valence-electron chi connectivity index (χ3n) is 2.00. The average molecular weight is 207 g/mol. The van der Waals surface area contributed by atoms with Gasteiger partial charge in [-0.15, -0.1) is 0 Å². The van der Waals surface area contributed by atoms with E-state index in [1.54, 1.807) is 18.9 Å². The lowest BCUT2D eigenvalue weighted by molar-refractivity contribution is 0.218. The molecule has 4 heteroatoms. The second kappa shape index (κ2) is 7.62. The number of aliphatic hydroxyl groups is 1. The predicted octanol–water partition coefficient (Wildman–Crippen LogP) is 0.710. The first-order chi connectivity index (χ1) is 6.13. The Hall–Kier alpha value is 0.230. The van der Waals surface area contributed by atoms with Gasteiger partial charge in [0, 0.05) is 24.2 Å². The molecule has 0 aliphatic heterocycles. The molecule has 3 nitrogen and oxygen atoms in total. The van der Waals surface area contributed by atoms with Gasteiger partial charge in [0.15, 0.2) is 0 Å². The molecule has 0 fully saturated rings. The van der Waals surface area contributed by atoms with Gasteiger partial charge in [0.25, 0.3) is 0 Å². The highest BCUT2D eigenvalue weighted by molar-refractivity contribution is 8.00. The molecule has 80 valence electrons. The van der Waals surface area contributed by atoms with Crippen LogP contribution in [0, 0.1) is 5.92 Å². The molecule has 0 saturated heterocycles. The highest BCUT2D eigenvalue weighted by Crippen LogP contribution is 2.17. The molecule has 0 aromatic heterocycles. The van der Waals surface area contributed by atoms with Crippen molar-refractivity contribution in [1.29, 1.82) is 0 Å². The summed E-state index contributed by atoms with van der Waals surface area (Å²) in [4.78, 5) is 0. The van der Waals surface area contributed by atoms with Crippen LogP contribution in [0.1, 0.15) is 13.8 Å². The smallest absolute Gasteiger partial charge is 0.0565 e. The number of rotatable bonds is 7. The fourth-order valence-electron chi connectivity index (χ4n) is 0.998. The lowest BCUT2D eigenvalue weighted by Crippen LogP contribution is -2.39. The van der Waals surface area contributed by atoms with Gasteiger partial charge in [0.1, 0.15) is 0 Å². The number of aliphatic hydroxyl groups excluding tert-OH is 1. The summed E-state index contributed by atoms with van der Waals surface area (Å²) in [5, 5.41) is 9.24. The van der Waals surface area contributed by atoms with Crippen molar-refractivity contribution in [2.24, 2.45) is 11.7 Å². The molecule has 0 aliphatic rings. The standard InChI is InChI=1S/C9H21NO2S/c1-7(2)9(10)8(6-11)13-5-4-12-3/h7-9,11H,4-6,10H2,1-3H3. The van der Waals surface area contributed by atoms with E-state index in [1.807, 2.05) is 0 Å². The van der Waals surface area contributed by atoms with Crippen LogP contribution in [0.2, 0.25) is 0 Å². The Morgan fingerprint density at radius 2 is 2.08 bits per heavy atom. The van der Waals surface area contributed by atoms with Crippen molar-refractivity contribution in [3.63, 3.8) is 0 Å². The molecular formula is C9H21NO2S. The highest BCUT2D eigenvalue weighted by atomic mass is 32.2. The van der Waals surface area contributed by atoms with E-state index in [2.05, 4.69) is 13.8 Å². The maximum absolute atomic E-state index is 9.10. The van der Waals surface area contributed by atoms with Gasteiger partial charge in [-0.3, -0.25) is 0 Å². The molecule has 0 radical (unpaired) electrons. The Morgan fingerprint density at radius 3 is 2.46 bits per heavy atom. The first-order valence-corrected chi connectivity index (χ1v) is 5.65. The largest absolute Gasteiger partial charge is 0.395 e. The van der Waals surface area contributed by atoms with Crippen molar-refractivity contribution in [3.05, 3.63) is 0 Å². The SMILES string of the molecule is COCCSC(CO)C(N)C(C)C. The number of thioether (sulfide) groups is 1. The minimum absolute atomic E-state index is 0.0619. The van der Waals surface area contributed by atoms with Crippen LogP contribution in [0.5, 0.6) is 0 Å². The van der Waals surface area contributed by atoms with Gasteiger partial charge in [-0.05, 0) is 5.92 Å². The summed E-state index contributed by atoms with van der Waals surface area (Å²) in [5.41, 5.74) is 5.93. The zero-order valence-corrected chi connectivity index (χ0v) is 9.51. The summed E-state index contributed by atoms with van der Waals surface area (Å²) >= 11 is 1.68. The van der Waals surface area contributed by atoms with E-state index in [0.717, 1.165) is 5.75 Å². The topological polar surface area (TPSA) is 55.5 Å². The number of ether oxygens (including phenoxy) is 1. The molecule has 0 bridgehead atoms. The van der Waals surface area contributed by atoms with E-state index < -0.39 is 0 Å². The second-order valence-electron chi connectivity index (χ2n) is 3.41. The van der Waals surface area contributed by atoms with Crippen molar-refractivity contribution >= 4 is 11.8 Å². The molecule has 2 unspecified atom stereocenters. The normalized spacial score (nSPS) is 16.2. The number of hydrogen-bond donors (Lipinski definition) is 2. The van der Waals surface area contributed by atoms with Gasteiger partial charge in [-0.2, -0.15) is 11.8 Å². The lowest BCUT2D eigenvalue weighted by Gasteiger charge is -2.24. The molecule has 13 heavy (non-hydrogen) atoms. The van der Waals surface area contributed by atoms with Crippen molar-refractivity contribution in [2.45, 2.75) is 25.1 Å². The number of methoxy groups -OCH3 is 1. The summed E-state index contributed by atoms with van der Waals surface area (Å²) < 4.78 is 4.93. The van der Waals surface area contributed by atoms with Crippen LogP contribution in [-0.2, 0) is 4.74 Å². The molecule has 0 saturated carbocycles. The minimum Gasteiger partial charge on any atom is -0.395 e. The first kappa shape index (κ1) is 13.2. The van der Waals surface area contributed by atoms with Crippen LogP contribution in [0.4, 0.5) is 0 Å². The van der Waals surface area contributed by atoms with Gasteiger partial charge < -0.3 is 15.6 Å². The highest BCUT2D eigenvalue weighted by Gasteiger charge is 2.19. The van der Waals surface area contributed by atoms with Gasteiger partial charge in [-0.25, -0.2) is 0 Å². The zero-order valence-electron chi connectivity index (χ0n) is 8.69. The maximum Gasteiger partial charge on any atom is 0.0565 e. The Balaban J connectivity index is 3.73. The van der Waals surface area contributed by atoms with Crippen LogP contribution in [0.3, 0.4) is 0 Å². The maximum atomic E-state index is 9.10. The third-order valence-corrected chi connectivity index (χ3v) is 3.29. The van der Waals surface area contributed by atoms with Crippen molar-refractivity contribution < 1.29 is 9.84 Å². The Kier molecular flexibility index (Phi) is 7.75. The van der Waals surface area contributed by atoms with E-state index in [0.29, 0.717) is 12.5 Å². The van der Waals surface area contributed by atoms with E-state index in [-0.39, 0.29) is 17.9 Å². The van der Waals surface area contributed by atoms with Crippen LogP contribution in [0.15, 0.2) is 0 Å². The summed E-state index contributed by atoms with van der Waals surface area (Å²) in [6.07, 6.45) is 0. The van der Waals surface area contributed by atoms with Crippen LogP contribution >= 0.6 is 11.8 Å². The number of nitrogens with two attached hydrogens (primary N) is 1. The fourth-order valence-corrected chi connectivity index (χ4v) is 2.21. The van der Waals surface area contributed by atoms with Crippen LogP contribution < -0.4 is 5.73 Å². The van der Waals surface area contributed by atoms with Crippen molar-refractivity contribution in [1.82, 2.24) is 0 Å². The van der Waals surface area contributed by atoms with E-state index >= 15 is 0 Å². The molecule has 0 aromatic carbocycles. The van der Waals surface area contributed by atoms with Gasteiger partial charge in [-0.1, -0.05) is 13.8 Å². The van der Waals surface area contributed by atoms with Crippen LogP contribution in [0.25, 0.3) is 0 Å². The summed E-state index contributed by atoms with van der Waals surface area (Å²) in [7, 11) is 1.68. The van der Waals surface area contributed by atoms with Crippen LogP contribution in [-0.4, -0.2) is 42.5 Å².